The Hall–Kier alpha value is -3.04. The molecule has 0 unspecified atom stereocenters. The number of anilines is 1. The summed E-state index contributed by atoms with van der Waals surface area (Å²) in [5, 5.41) is 7.07. The van der Waals surface area contributed by atoms with Gasteiger partial charge in [0.2, 0.25) is 27.6 Å². The van der Waals surface area contributed by atoms with Gasteiger partial charge in [0.25, 0.3) is 0 Å². The second-order valence-electron chi connectivity index (χ2n) is 9.21. The molecule has 2 heterocycles. The summed E-state index contributed by atoms with van der Waals surface area (Å²) in [4.78, 5) is 17.5. The summed E-state index contributed by atoms with van der Waals surface area (Å²) in [6, 6.07) is 12.7. The Kier molecular flexibility index (Phi) is 6.71. The van der Waals surface area contributed by atoms with Gasteiger partial charge in [-0.15, -0.1) is 0 Å². The standard InChI is InChI=1S/C26H30N4O4S/c1-2-24-28-25(29-34-24)20-9-5-10-21(17-20)35(32,33)30-15-13-19(14-16-30)26(31)27-23-12-6-8-18-7-3-4-11-22(18)23/h5-6,8-10,12,17,19H,2-4,7,11,13-16H2,1H3,(H,27,31). The first-order valence-corrected chi connectivity index (χ1v) is 13.7. The number of benzene rings is 2. The quantitative estimate of drug-likeness (QED) is 0.550. The summed E-state index contributed by atoms with van der Waals surface area (Å²) in [7, 11) is -3.70. The van der Waals surface area contributed by atoms with Crippen molar-refractivity contribution in [3.63, 3.8) is 0 Å². The van der Waals surface area contributed by atoms with Crippen molar-refractivity contribution in [3.8, 4) is 11.4 Å². The zero-order valence-electron chi connectivity index (χ0n) is 19.9. The van der Waals surface area contributed by atoms with E-state index in [1.807, 2.05) is 19.1 Å². The third-order valence-corrected chi connectivity index (χ3v) is 8.87. The fraction of sp³-hybridized carbons (Fsp3) is 0.423. The SMILES string of the molecule is CCc1nc(-c2cccc(S(=O)(=O)N3CCC(C(=O)Nc4cccc5c4CCCC5)CC3)c2)no1. The number of carbonyl (C=O) groups is 1. The van der Waals surface area contributed by atoms with Crippen molar-refractivity contribution in [3.05, 3.63) is 59.5 Å². The number of sulfonamides is 1. The van der Waals surface area contributed by atoms with Gasteiger partial charge in [0.05, 0.1) is 4.90 Å². The van der Waals surface area contributed by atoms with Gasteiger partial charge in [-0.05, 0) is 67.9 Å². The lowest BCUT2D eigenvalue weighted by molar-refractivity contribution is -0.120. The number of hydrogen-bond donors (Lipinski definition) is 1. The Morgan fingerprint density at radius 2 is 1.89 bits per heavy atom. The van der Waals surface area contributed by atoms with Crippen molar-refractivity contribution >= 4 is 21.6 Å². The minimum Gasteiger partial charge on any atom is -0.339 e. The maximum atomic E-state index is 13.3. The van der Waals surface area contributed by atoms with Gasteiger partial charge in [-0.25, -0.2) is 8.42 Å². The van der Waals surface area contributed by atoms with E-state index >= 15 is 0 Å². The minimum atomic E-state index is -3.70. The highest BCUT2D eigenvalue weighted by atomic mass is 32.2. The molecule has 1 aromatic heterocycles. The summed E-state index contributed by atoms with van der Waals surface area (Å²) in [5.74, 6) is 0.646. The van der Waals surface area contributed by atoms with Crippen LogP contribution in [0.3, 0.4) is 0 Å². The van der Waals surface area contributed by atoms with E-state index < -0.39 is 10.0 Å². The Labute approximate surface area is 205 Å². The number of rotatable bonds is 6. The predicted octanol–water partition coefficient (Wildman–Crippen LogP) is 4.22. The molecule has 9 heteroatoms. The molecule has 3 aromatic rings. The summed E-state index contributed by atoms with van der Waals surface area (Å²) < 4.78 is 33.3. The third kappa shape index (κ3) is 4.88. The van der Waals surface area contributed by atoms with Gasteiger partial charge in [-0.3, -0.25) is 4.79 Å². The lowest BCUT2D eigenvalue weighted by Crippen LogP contribution is -2.41. The van der Waals surface area contributed by atoms with Crippen LogP contribution in [0, 0.1) is 5.92 Å². The van der Waals surface area contributed by atoms with Crippen LogP contribution >= 0.6 is 0 Å². The molecule has 0 saturated carbocycles. The van der Waals surface area contributed by atoms with Crippen molar-refractivity contribution in [2.24, 2.45) is 5.92 Å². The van der Waals surface area contributed by atoms with E-state index in [0.717, 1.165) is 24.9 Å². The first-order valence-electron chi connectivity index (χ1n) is 12.3. The van der Waals surface area contributed by atoms with Crippen molar-refractivity contribution in [1.29, 1.82) is 0 Å². The molecular weight excluding hydrogens is 464 g/mol. The number of piperidine rings is 1. The highest BCUT2D eigenvalue weighted by molar-refractivity contribution is 7.89. The highest BCUT2D eigenvalue weighted by Gasteiger charge is 2.32. The molecule has 0 atom stereocenters. The van der Waals surface area contributed by atoms with Crippen LogP contribution in [0.15, 0.2) is 51.9 Å². The Bertz CT molecular complexity index is 1330. The van der Waals surface area contributed by atoms with Crippen molar-refractivity contribution in [1.82, 2.24) is 14.4 Å². The lowest BCUT2D eigenvalue weighted by atomic mass is 9.90. The monoisotopic (exact) mass is 494 g/mol. The molecule has 35 heavy (non-hydrogen) atoms. The summed E-state index contributed by atoms with van der Waals surface area (Å²) in [6.07, 6.45) is 5.97. The Morgan fingerprint density at radius 1 is 1.11 bits per heavy atom. The maximum absolute atomic E-state index is 13.3. The van der Waals surface area contributed by atoms with Crippen LogP contribution in [0.25, 0.3) is 11.4 Å². The zero-order valence-corrected chi connectivity index (χ0v) is 20.7. The number of nitrogens with zero attached hydrogens (tertiary/aromatic N) is 3. The molecule has 1 saturated heterocycles. The van der Waals surface area contributed by atoms with Crippen LogP contribution in [-0.4, -0.2) is 41.9 Å². The maximum Gasteiger partial charge on any atom is 0.243 e. The zero-order chi connectivity index (χ0) is 24.4. The van der Waals surface area contributed by atoms with Gasteiger partial charge < -0.3 is 9.84 Å². The Morgan fingerprint density at radius 3 is 2.66 bits per heavy atom. The minimum absolute atomic E-state index is 0.0214. The van der Waals surface area contributed by atoms with Gasteiger partial charge in [-0.1, -0.05) is 36.3 Å². The number of amides is 1. The molecule has 0 bridgehead atoms. The summed E-state index contributed by atoms with van der Waals surface area (Å²) >= 11 is 0. The smallest absolute Gasteiger partial charge is 0.243 e. The van der Waals surface area contributed by atoms with E-state index in [1.165, 1.54) is 21.9 Å². The van der Waals surface area contributed by atoms with Crippen LogP contribution in [0.1, 0.15) is 49.6 Å². The van der Waals surface area contributed by atoms with Crippen LogP contribution < -0.4 is 5.32 Å². The number of nitrogens with one attached hydrogen (secondary N) is 1. The van der Waals surface area contributed by atoms with Gasteiger partial charge in [0.1, 0.15) is 0 Å². The molecular formula is C26H30N4O4S. The highest BCUT2D eigenvalue weighted by Crippen LogP contribution is 2.30. The van der Waals surface area contributed by atoms with Crippen LogP contribution in [0.5, 0.6) is 0 Å². The van der Waals surface area contributed by atoms with Crippen LogP contribution in [0.2, 0.25) is 0 Å². The van der Waals surface area contributed by atoms with E-state index in [9.17, 15) is 13.2 Å². The number of carbonyl (C=O) groups excluding carboxylic acids is 1. The molecule has 2 aromatic carbocycles. The molecule has 1 fully saturated rings. The molecule has 8 nitrogen and oxygen atoms in total. The van der Waals surface area contributed by atoms with E-state index in [2.05, 4.69) is 21.5 Å². The number of aromatic nitrogens is 2. The number of aryl methyl sites for hydroxylation is 2. The fourth-order valence-corrected chi connectivity index (χ4v) is 6.47. The van der Waals surface area contributed by atoms with Gasteiger partial charge in [-0.2, -0.15) is 9.29 Å². The van der Waals surface area contributed by atoms with Gasteiger partial charge >= 0.3 is 0 Å². The third-order valence-electron chi connectivity index (χ3n) is 6.98. The normalized spacial score (nSPS) is 17.2. The average Bonchev–Trinajstić information content (AvgIpc) is 3.39. The molecule has 184 valence electrons. The van der Waals surface area contributed by atoms with Gasteiger partial charge in [0, 0.05) is 36.7 Å². The number of hydrogen-bond acceptors (Lipinski definition) is 6. The van der Waals surface area contributed by atoms with Crippen molar-refractivity contribution in [2.75, 3.05) is 18.4 Å². The van der Waals surface area contributed by atoms with E-state index in [-0.39, 0.29) is 16.7 Å². The molecule has 1 aliphatic carbocycles. The molecule has 0 radical (unpaired) electrons. The van der Waals surface area contributed by atoms with Crippen molar-refractivity contribution in [2.45, 2.75) is 56.8 Å². The molecule has 5 rings (SSSR count). The first kappa shape index (κ1) is 23.7. The van der Waals surface area contributed by atoms with E-state index in [4.69, 9.17) is 4.52 Å². The molecule has 1 N–H and O–H groups in total. The molecule has 1 amide bonds. The Balaban J connectivity index is 1.25. The fourth-order valence-electron chi connectivity index (χ4n) is 4.95. The second-order valence-corrected chi connectivity index (χ2v) is 11.1. The van der Waals surface area contributed by atoms with Crippen LogP contribution in [-0.2, 0) is 34.1 Å². The summed E-state index contributed by atoms with van der Waals surface area (Å²) in [6.45, 7) is 2.52. The van der Waals surface area contributed by atoms with Crippen LogP contribution in [0.4, 0.5) is 5.69 Å². The van der Waals surface area contributed by atoms with Gasteiger partial charge in [0.15, 0.2) is 0 Å². The molecule has 1 aliphatic heterocycles. The largest absolute Gasteiger partial charge is 0.339 e. The lowest BCUT2D eigenvalue weighted by Gasteiger charge is -2.31. The first-order chi connectivity index (χ1) is 17.0. The molecule has 2 aliphatic rings. The second kappa shape index (κ2) is 9.91. The topological polar surface area (TPSA) is 105 Å². The van der Waals surface area contributed by atoms with Crippen molar-refractivity contribution < 1.29 is 17.7 Å². The van der Waals surface area contributed by atoms with E-state index in [1.54, 1.807) is 24.3 Å². The van der Waals surface area contributed by atoms with E-state index in [0.29, 0.717) is 49.6 Å². The number of fused-ring (bicyclic) bond motifs is 1. The summed E-state index contributed by atoms with van der Waals surface area (Å²) in [5.41, 5.74) is 4.07. The molecule has 0 spiro atoms. The predicted molar refractivity (Wildman–Crippen MR) is 132 cm³/mol. The average molecular weight is 495 g/mol.